The fourth-order valence-corrected chi connectivity index (χ4v) is 3.81. The molecule has 0 aliphatic carbocycles. The molecule has 2 aromatic carbocycles. The zero-order valence-corrected chi connectivity index (χ0v) is 16.3. The number of anilines is 1. The summed E-state index contributed by atoms with van der Waals surface area (Å²) in [5.41, 5.74) is 1.02. The highest BCUT2D eigenvalue weighted by Gasteiger charge is 2.24. The summed E-state index contributed by atoms with van der Waals surface area (Å²) in [7, 11) is 3.99. The van der Waals surface area contributed by atoms with Crippen LogP contribution in [0.2, 0.25) is 5.02 Å². The topological polar surface area (TPSA) is 23.6 Å². The summed E-state index contributed by atoms with van der Waals surface area (Å²) in [5, 5.41) is 0.0417. The van der Waals surface area contributed by atoms with Gasteiger partial charge in [-0.2, -0.15) is 0 Å². The van der Waals surface area contributed by atoms with Gasteiger partial charge in [0.2, 0.25) is 0 Å². The summed E-state index contributed by atoms with van der Waals surface area (Å²) in [5.74, 6) is -1.23. The Morgan fingerprint density at radius 3 is 2.59 bits per heavy atom. The molecule has 0 atom stereocenters. The number of carbonyl (C=O) groups excluding carboxylic acids is 1. The van der Waals surface area contributed by atoms with E-state index in [2.05, 4.69) is 11.9 Å². The normalized spacial score (nSPS) is 15.7. The molecule has 144 valence electrons. The van der Waals surface area contributed by atoms with Gasteiger partial charge in [0.1, 0.15) is 11.6 Å². The quantitative estimate of drug-likeness (QED) is 0.696. The van der Waals surface area contributed by atoms with E-state index < -0.39 is 5.82 Å². The van der Waals surface area contributed by atoms with Gasteiger partial charge in [-0.15, -0.1) is 0 Å². The molecule has 0 N–H and O–H groups in total. The minimum atomic E-state index is -0.510. The van der Waals surface area contributed by atoms with Gasteiger partial charge in [0, 0.05) is 25.1 Å². The fraction of sp³-hybridized carbons (Fsp3) is 0.381. The number of rotatable bonds is 5. The maximum absolute atomic E-state index is 15.1. The molecule has 6 heteroatoms. The minimum absolute atomic E-state index is 0.0417. The molecule has 0 bridgehead atoms. The number of carbonyl (C=O) groups is 1. The third kappa shape index (κ3) is 4.47. The van der Waals surface area contributed by atoms with Gasteiger partial charge < -0.3 is 9.80 Å². The third-order valence-electron chi connectivity index (χ3n) is 5.26. The Bertz CT molecular complexity index is 835. The van der Waals surface area contributed by atoms with E-state index >= 15 is 4.39 Å². The van der Waals surface area contributed by atoms with Crippen LogP contribution in [0.3, 0.4) is 0 Å². The Balaban J connectivity index is 1.79. The summed E-state index contributed by atoms with van der Waals surface area (Å²) in [6, 6.07) is 9.00. The van der Waals surface area contributed by atoms with Crippen molar-refractivity contribution in [2.24, 2.45) is 0 Å². The van der Waals surface area contributed by atoms with Crippen molar-refractivity contribution in [1.82, 2.24) is 4.90 Å². The van der Waals surface area contributed by atoms with E-state index in [9.17, 15) is 9.18 Å². The first-order chi connectivity index (χ1) is 12.9. The van der Waals surface area contributed by atoms with Crippen LogP contribution in [0, 0.1) is 11.6 Å². The molecule has 1 aliphatic rings. The number of hydrogen-bond acceptors (Lipinski definition) is 3. The van der Waals surface area contributed by atoms with Gasteiger partial charge in [-0.3, -0.25) is 4.79 Å². The van der Waals surface area contributed by atoms with E-state index in [0.29, 0.717) is 11.3 Å². The van der Waals surface area contributed by atoms with Crippen molar-refractivity contribution in [3.8, 4) is 0 Å². The van der Waals surface area contributed by atoms with E-state index in [4.69, 9.17) is 11.6 Å². The van der Waals surface area contributed by atoms with Crippen LogP contribution >= 0.6 is 11.6 Å². The first kappa shape index (κ1) is 19.8. The van der Waals surface area contributed by atoms with Crippen molar-refractivity contribution in [1.29, 1.82) is 0 Å². The molecule has 0 aromatic heterocycles. The van der Waals surface area contributed by atoms with Gasteiger partial charge in [0.25, 0.3) is 0 Å². The molecule has 1 saturated heterocycles. The van der Waals surface area contributed by atoms with Crippen molar-refractivity contribution in [2.45, 2.75) is 25.3 Å². The molecular weight excluding hydrogens is 370 g/mol. The smallest absolute Gasteiger partial charge is 0.168 e. The van der Waals surface area contributed by atoms with Crippen LogP contribution in [0.15, 0.2) is 36.4 Å². The first-order valence-electron chi connectivity index (χ1n) is 9.04. The largest absolute Gasteiger partial charge is 0.369 e. The highest BCUT2D eigenvalue weighted by atomic mass is 35.5. The number of hydrogen-bond donors (Lipinski definition) is 0. The van der Waals surface area contributed by atoms with Crippen molar-refractivity contribution in [3.05, 3.63) is 64.2 Å². The number of nitrogens with zero attached hydrogens (tertiary/aromatic N) is 2. The lowest BCUT2D eigenvalue weighted by molar-refractivity contribution is 0.0992. The monoisotopic (exact) mass is 392 g/mol. The number of benzene rings is 2. The van der Waals surface area contributed by atoms with E-state index in [1.54, 1.807) is 18.2 Å². The maximum atomic E-state index is 15.1. The fourth-order valence-electron chi connectivity index (χ4n) is 3.54. The molecular formula is C21H23ClF2N2O. The molecule has 1 fully saturated rings. The van der Waals surface area contributed by atoms with E-state index in [1.165, 1.54) is 12.1 Å². The Kier molecular flexibility index (Phi) is 6.12. The van der Waals surface area contributed by atoms with Crippen LogP contribution in [0.25, 0.3) is 0 Å². The van der Waals surface area contributed by atoms with Gasteiger partial charge in [-0.05, 0) is 62.8 Å². The maximum Gasteiger partial charge on any atom is 0.168 e. The Morgan fingerprint density at radius 1 is 1.22 bits per heavy atom. The standard InChI is InChI=1S/C21H23ClF2N2O/c1-25-10-8-16(9-11-25)26(2)19-5-3-4-14(21(19)24)12-20(27)17-7-6-15(23)13-18(17)22/h3-7,13,16H,8-12H2,1-2H3. The van der Waals surface area contributed by atoms with Crippen molar-refractivity contribution in [2.75, 3.05) is 32.1 Å². The molecule has 0 spiro atoms. The Hall–Kier alpha value is -1.98. The molecule has 3 nitrogen and oxygen atoms in total. The molecule has 0 saturated carbocycles. The Morgan fingerprint density at radius 2 is 1.93 bits per heavy atom. The average Bonchev–Trinajstić information content (AvgIpc) is 2.63. The van der Waals surface area contributed by atoms with Crippen LogP contribution in [-0.2, 0) is 6.42 Å². The zero-order valence-electron chi connectivity index (χ0n) is 15.5. The molecule has 27 heavy (non-hydrogen) atoms. The van der Waals surface area contributed by atoms with E-state index in [-0.39, 0.29) is 34.6 Å². The van der Waals surface area contributed by atoms with Gasteiger partial charge in [-0.25, -0.2) is 8.78 Å². The molecule has 0 amide bonds. The van der Waals surface area contributed by atoms with Gasteiger partial charge in [-0.1, -0.05) is 23.7 Å². The second-order valence-electron chi connectivity index (χ2n) is 7.12. The van der Waals surface area contributed by atoms with Crippen LogP contribution in [-0.4, -0.2) is 43.9 Å². The molecule has 1 heterocycles. The van der Waals surface area contributed by atoms with E-state index in [1.807, 2.05) is 11.9 Å². The van der Waals surface area contributed by atoms with Crippen LogP contribution in [0.5, 0.6) is 0 Å². The van der Waals surface area contributed by atoms with Crippen molar-refractivity contribution < 1.29 is 13.6 Å². The van der Waals surface area contributed by atoms with Crippen molar-refractivity contribution in [3.63, 3.8) is 0 Å². The molecule has 2 aromatic rings. The van der Waals surface area contributed by atoms with Crippen LogP contribution in [0.1, 0.15) is 28.8 Å². The summed E-state index contributed by atoms with van der Waals surface area (Å²) < 4.78 is 28.3. The lowest BCUT2D eigenvalue weighted by atomic mass is 10.00. The number of piperidine rings is 1. The number of ketones is 1. The van der Waals surface area contributed by atoms with Crippen LogP contribution < -0.4 is 4.90 Å². The number of Topliss-reactive ketones (excluding diaryl/α,β-unsaturated/α-hetero) is 1. The van der Waals surface area contributed by atoms with E-state index in [0.717, 1.165) is 32.0 Å². The molecule has 3 rings (SSSR count). The third-order valence-corrected chi connectivity index (χ3v) is 5.57. The highest BCUT2D eigenvalue weighted by Crippen LogP contribution is 2.28. The average molecular weight is 393 g/mol. The van der Waals surface area contributed by atoms with Crippen LogP contribution in [0.4, 0.5) is 14.5 Å². The van der Waals surface area contributed by atoms with Gasteiger partial charge in [0.15, 0.2) is 5.78 Å². The summed E-state index contributed by atoms with van der Waals surface area (Å²) in [4.78, 5) is 16.8. The second-order valence-corrected chi connectivity index (χ2v) is 7.53. The Labute approximate surface area is 163 Å². The van der Waals surface area contributed by atoms with Crippen molar-refractivity contribution >= 4 is 23.1 Å². The number of halogens is 3. The number of likely N-dealkylation sites (tertiary alicyclic amines) is 1. The van der Waals surface area contributed by atoms with Gasteiger partial charge >= 0.3 is 0 Å². The van der Waals surface area contributed by atoms with Gasteiger partial charge in [0.05, 0.1) is 10.7 Å². The minimum Gasteiger partial charge on any atom is -0.369 e. The second kappa shape index (κ2) is 8.36. The highest BCUT2D eigenvalue weighted by molar-refractivity contribution is 6.34. The zero-order chi connectivity index (χ0) is 19.6. The molecule has 0 radical (unpaired) electrons. The first-order valence-corrected chi connectivity index (χ1v) is 9.41. The summed E-state index contributed by atoms with van der Waals surface area (Å²) >= 11 is 5.96. The molecule has 1 aliphatic heterocycles. The lowest BCUT2D eigenvalue weighted by Gasteiger charge is -2.36. The SMILES string of the molecule is CN1CCC(N(C)c2cccc(CC(=O)c3ccc(F)cc3Cl)c2F)CC1. The molecule has 0 unspecified atom stereocenters. The predicted octanol–water partition coefficient (Wildman–Crippen LogP) is 4.57. The summed E-state index contributed by atoms with van der Waals surface area (Å²) in [6.45, 7) is 1.97. The lowest BCUT2D eigenvalue weighted by Crippen LogP contribution is -2.42. The summed E-state index contributed by atoms with van der Waals surface area (Å²) in [6.07, 6.45) is 1.83. The predicted molar refractivity (Wildman–Crippen MR) is 105 cm³/mol.